The normalized spacial score (nSPS) is 12.4. The van der Waals surface area contributed by atoms with Crippen molar-refractivity contribution in [2.45, 2.75) is 12.5 Å². The van der Waals surface area contributed by atoms with Gasteiger partial charge in [-0.1, -0.05) is 18.2 Å². The maximum Gasteiger partial charge on any atom is 0.126 e. The molecule has 102 valence electrons. The minimum absolute atomic E-state index is 0.106. The van der Waals surface area contributed by atoms with E-state index in [4.69, 9.17) is 16.3 Å². The maximum absolute atomic E-state index is 5.98. The lowest BCUT2D eigenvalue weighted by molar-refractivity contribution is 0.405. The van der Waals surface area contributed by atoms with Crippen LogP contribution in [0.5, 0.6) is 5.75 Å². The molecule has 0 aliphatic rings. The Morgan fingerprint density at radius 3 is 2.74 bits per heavy atom. The zero-order valence-electron chi connectivity index (χ0n) is 11.1. The summed E-state index contributed by atoms with van der Waals surface area (Å²) in [6.45, 7) is 0. The van der Waals surface area contributed by atoms with Gasteiger partial charge in [0.15, 0.2) is 0 Å². The molecule has 0 spiro atoms. The number of hydrogen-bond acceptors (Lipinski definition) is 5. The molecule has 0 fully saturated rings. The van der Waals surface area contributed by atoms with Crippen LogP contribution in [0.2, 0.25) is 0 Å². The zero-order chi connectivity index (χ0) is 13.8. The van der Waals surface area contributed by atoms with Crippen molar-refractivity contribution in [1.82, 2.24) is 15.2 Å². The number of hydrazine groups is 1. The third kappa shape index (κ3) is 2.69. The van der Waals surface area contributed by atoms with Crippen molar-refractivity contribution in [3.05, 3.63) is 41.6 Å². The van der Waals surface area contributed by atoms with Crippen LogP contribution in [0.25, 0.3) is 0 Å². The number of methoxy groups -OCH3 is 1. The number of hydrogen-bond donors (Lipinski definition) is 3. The quantitative estimate of drug-likeness (QED) is 0.546. The smallest absolute Gasteiger partial charge is 0.126 e. The second-order valence-corrected chi connectivity index (χ2v) is 4.34. The van der Waals surface area contributed by atoms with Gasteiger partial charge >= 0.3 is 0 Å². The molecule has 0 aliphatic heterocycles. The van der Waals surface area contributed by atoms with E-state index in [9.17, 15) is 0 Å². The average Bonchev–Trinajstić information content (AvgIpc) is 2.77. The molecule has 5 N–H and O–H groups in total. The lowest BCUT2D eigenvalue weighted by Crippen LogP contribution is -2.30. The van der Waals surface area contributed by atoms with Gasteiger partial charge in [-0.2, -0.15) is 5.10 Å². The topological polar surface area (TPSA) is 91.1 Å². The molecule has 2 aromatic rings. The van der Waals surface area contributed by atoms with Crippen LogP contribution in [-0.2, 0) is 13.5 Å². The molecule has 6 heteroatoms. The summed E-state index contributed by atoms with van der Waals surface area (Å²) >= 11 is 0. The first-order valence-electron chi connectivity index (χ1n) is 6.02. The van der Waals surface area contributed by atoms with Crippen LogP contribution in [-0.4, -0.2) is 16.9 Å². The number of para-hydroxylation sites is 1. The van der Waals surface area contributed by atoms with Gasteiger partial charge in [0.1, 0.15) is 11.6 Å². The molecule has 2 rings (SSSR count). The standard InChI is InChI=1S/C13H19N5O/c1-18-13(14)10(8-16-18)11(17-15)7-9-5-3-4-6-12(9)19-2/h3-6,8,11,17H,7,14-15H2,1-2H3. The third-order valence-corrected chi connectivity index (χ3v) is 3.21. The summed E-state index contributed by atoms with van der Waals surface area (Å²) in [5.74, 6) is 7.09. The Kier molecular flexibility index (Phi) is 4.03. The Morgan fingerprint density at radius 2 is 2.16 bits per heavy atom. The minimum atomic E-state index is -0.106. The van der Waals surface area contributed by atoms with Crippen LogP contribution in [0.4, 0.5) is 5.82 Å². The Morgan fingerprint density at radius 1 is 1.42 bits per heavy atom. The molecule has 6 nitrogen and oxygen atoms in total. The van der Waals surface area contributed by atoms with E-state index in [1.165, 1.54) is 0 Å². The molecule has 1 unspecified atom stereocenters. The summed E-state index contributed by atoms with van der Waals surface area (Å²) in [6.07, 6.45) is 2.41. The molecule has 1 atom stereocenters. The predicted octanol–water partition coefficient (Wildman–Crippen LogP) is 0.758. The average molecular weight is 261 g/mol. The van der Waals surface area contributed by atoms with E-state index in [1.54, 1.807) is 25.0 Å². The van der Waals surface area contributed by atoms with Crippen molar-refractivity contribution < 1.29 is 4.74 Å². The van der Waals surface area contributed by atoms with E-state index in [1.807, 2.05) is 24.3 Å². The van der Waals surface area contributed by atoms with Gasteiger partial charge in [0.25, 0.3) is 0 Å². The Hall–Kier alpha value is -2.05. The highest BCUT2D eigenvalue weighted by Gasteiger charge is 2.18. The fourth-order valence-corrected chi connectivity index (χ4v) is 2.08. The van der Waals surface area contributed by atoms with E-state index in [0.29, 0.717) is 12.2 Å². The summed E-state index contributed by atoms with van der Waals surface area (Å²) < 4.78 is 6.97. The SMILES string of the molecule is COc1ccccc1CC(NN)c1cnn(C)c1N. The molecule has 0 saturated heterocycles. The van der Waals surface area contributed by atoms with E-state index < -0.39 is 0 Å². The predicted molar refractivity (Wildman–Crippen MR) is 74.4 cm³/mol. The second-order valence-electron chi connectivity index (χ2n) is 4.34. The number of nitrogen functional groups attached to an aromatic ring is 1. The molecule has 0 amide bonds. The van der Waals surface area contributed by atoms with Crippen molar-refractivity contribution in [2.75, 3.05) is 12.8 Å². The van der Waals surface area contributed by atoms with Gasteiger partial charge in [0, 0.05) is 12.6 Å². The minimum Gasteiger partial charge on any atom is -0.496 e. The first kappa shape index (κ1) is 13.4. The van der Waals surface area contributed by atoms with Crippen LogP contribution in [0.15, 0.2) is 30.5 Å². The summed E-state index contributed by atoms with van der Waals surface area (Å²) in [4.78, 5) is 0. The van der Waals surface area contributed by atoms with Gasteiger partial charge in [-0.05, 0) is 18.1 Å². The van der Waals surface area contributed by atoms with Gasteiger partial charge in [-0.15, -0.1) is 0 Å². The van der Waals surface area contributed by atoms with Crippen molar-refractivity contribution in [2.24, 2.45) is 12.9 Å². The van der Waals surface area contributed by atoms with Crippen LogP contribution >= 0.6 is 0 Å². The highest BCUT2D eigenvalue weighted by atomic mass is 16.5. The van der Waals surface area contributed by atoms with E-state index in [2.05, 4.69) is 10.5 Å². The fourth-order valence-electron chi connectivity index (χ4n) is 2.08. The molecule has 1 aromatic heterocycles. The molecule has 0 radical (unpaired) electrons. The lowest BCUT2D eigenvalue weighted by atomic mass is 10.0. The molecule has 0 aliphatic carbocycles. The number of benzene rings is 1. The maximum atomic E-state index is 5.98. The van der Waals surface area contributed by atoms with Crippen molar-refractivity contribution in [1.29, 1.82) is 0 Å². The number of aromatic nitrogens is 2. The highest BCUT2D eigenvalue weighted by molar-refractivity contribution is 5.43. The number of ether oxygens (including phenoxy) is 1. The summed E-state index contributed by atoms with van der Waals surface area (Å²) in [5.41, 5.74) is 10.7. The number of anilines is 1. The second kappa shape index (κ2) is 5.73. The Balaban J connectivity index is 2.26. The summed E-state index contributed by atoms with van der Waals surface area (Å²) in [6, 6.07) is 7.74. The molecule has 19 heavy (non-hydrogen) atoms. The van der Waals surface area contributed by atoms with Crippen LogP contribution in [0.3, 0.4) is 0 Å². The fraction of sp³-hybridized carbons (Fsp3) is 0.308. The zero-order valence-corrected chi connectivity index (χ0v) is 11.1. The number of nitrogens with one attached hydrogen (secondary N) is 1. The Labute approximate surface area is 112 Å². The van der Waals surface area contributed by atoms with Crippen molar-refractivity contribution in [3.8, 4) is 5.75 Å². The molecular weight excluding hydrogens is 242 g/mol. The molecule has 0 bridgehead atoms. The van der Waals surface area contributed by atoms with Gasteiger partial charge in [-0.3, -0.25) is 16.0 Å². The molecule has 1 heterocycles. The Bertz CT molecular complexity index is 552. The first-order valence-corrected chi connectivity index (χ1v) is 6.02. The molecule has 1 aromatic carbocycles. The van der Waals surface area contributed by atoms with Gasteiger partial charge < -0.3 is 10.5 Å². The number of nitrogens with zero attached hydrogens (tertiary/aromatic N) is 2. The third-order valence-electron chi connectivity index (χ3n) is 3.21. The highest BCUT2D eigenvalue weighted by Crippen LogP contribution is 2.26. The van der Waals surface area contributed by atoms with Crippen LogP contribution in [0, 0.1) is 0 Å². The number of aryl methyl sites for hydroxylation is 1. The summed E-state index contributed by atoms with van der Waals surface area (Å²) in [7, 11) is 3.46. The largest absolute Gasteiger partial charge is 0.496 e. The number of nitrogens with two attached hydrogens (primary N) is 2. The van der Waals surface area contributed by atoms with E-state index in [-0.39, 0.29) is 6.04 Å². The monoisotopic (exact) mass is 261 g/mol. The van der Waals surface area contributed by atoms with E-state index in [0.717, 1.165) is 16.9 Å². The van der Waals surface area contributed by atoms with Crippen LogP contribution in [0.1, 0.15) is 17.2 Å². The first-order chi connectivity index (χ1) is 9.17. The molecular formula is C13H19N5O. The lowest BCUT2D eigenvalue weighted by Gasteiger charge is -2.17. The van der Waals surface area contributed by atoms with Crippen LogP contribution < -0.4 is 21.7 Å². The summed E-state index contributed by atoms with van der Waals surface area (Å²) in [5, 5.41) is 4.13. The molecule has 0 saturated carbocycles. The van der Waals surface area contributed by atoms with Gasteiger partial charge in [0.05, 0.1) is 19.3 Å². The van der Waals surface area contributed by atoms with Crippen molar-refractivity contribution >= 4 is 5.82 Å². The van der Waals surface area contributed by atoms with Gasteiger partial charge in [-0.25, -0.2) is 0 Å². The van der Waals surface area contributed by atoms with Gasteiger partial charge in [0.2, 0.25) is 0 Å². The number of rotatable bonds is 5. The van der Waals surface area contributed by atoms with Crippen molar-refractivity contribution in [3.63, 3.8) is 0 Å². The van der Waals surface area contributed by atoms with E-state index >= 15 is 0 Å².